The van der Waals surface area contributed by atoms with E-state index in [1.165, 1.54) is 23.5 Å². The highest BCUT2D eigenvalue weighted by Gasteiger charge is 2.20. The molecule has 0 fully saturated rings. The zero-order chi connectivity index (χ0) is 18.7. The normalized spacial score (nSPS) is 10.3. The van der Waals surface area contributed by atoms with E-state index in [1.54, 1.807) is 0 Å². The largest absolute Gasteiger partial charge is 0.491 e. The van der Waals surface area contributed by atoms with Crippen LogP contribution in [0.4, 0.5) is 4.79 Å². The van der Waals surface area contributed by atoms with Crippen LogP contribution in [-0.2, 0) is 9.63 Å². The maximum Gasteiger partial charge on any atom is 0.345 e. The summed E-state index contributed by atoms with van der Waals surface area (Å²) >= 11 is 2.97. The van der Waals surface area contributed by atoms with Gasteiger partial charge < -0.3 is 4.74 Å². The number of hydrogen-bond acceptors (Lipinski definition) is 6. The van der Waals surface area contributed by atoms with E-state index in [1.807, 2.05) is 56.7 Å². The van der Waals surface area contributed by atoms with Gasteiger partial charge in [-0.05, 0) is 30.6 Å². The summed E-state index contributed by atoms with van der Waals surface area (Å²) < 4.78 is 6.31. The third-order valence-corrected chi connectivity index (χ3v) is 5.18. The molecule has 0 bridgehead atoms. The van der Waals surface area contributed by atoms with Crippen molar-refractivity contribution in [3.63, 3.8) is 0 Å². The second-order valence-electron chi connectivity index (χ2n) is 5.16. The van der Waals surface area contributed by atoms with Gasteiger partial charge in [-0.2, -0.15) is 0 Å². The van der Waals surface area contributed by atoms with Crippen molar-refractivity contribution < 1.29 is 19.2 Å². The second kappa shape index (κ2) is 11.8. The lowest BCUT2D eigenvalue weighted by Gasteiger charge is -2.15. The van der Waals surface area contributed by atoms with E-state index >= 15 is 0 Å². The molecule has 1 rings (SSSR count). The van der Waals surface area contributed by atoms with Crippen molar-refractivity contribution in [3.05, 3.63) is 40.1 Å². The third-order valence-electron chi connectivity index (χ3n) is 3.00. The molecule has 0 spiro atoms. The van der Waals surface area contributed by atoms with Crippen LogP contribution < -0.4 is 15.5 Å². The Hall–Kier alpha value is -1.64. The predicted octanol–water partition coefficient (Wildman–Crippen LogP) is 3.42. The average molecular weight is 385 g/mol. The van der Waals surface area contributed by atoms with E-state index in [-0.39, 0.29) is 19.1 Å². The van der Waals surface area contributed by atoms with E-state index in [0.717, 1.165) is 9.99 Å². The van der Waals surface area contributed by atoms with Crippen LogP contribution in [0, 0.1) is 5.92 Å². The van der Waals surface area contributed by atoms with Gasteiger partial charge in [0, 0.05) is 9.81 Å². The summed E-state index contributed by atoms with van der Waals surface area (Å²) in [7, 11) is 0. The zero-order valence-electron chi connectivity index (χ0n) is 14.8. The molecule has 25 heavy (non-hydrogen) atoms. The van der Waals surface area contributed by atoms with Crippen molar-refractivity contribution >= 4 is 35.5 Å². The van der Waals surface area contributed by atoms with Crippen molar-refractivity contribution in [1.82, 2.24) is 10.8 Å². The van der Waals surface area contributed by atoms with Crippen molar-refractivity contribution in [3.8, 4) is 5.75 Å². The molecule has 3 amide bonds. The number of amides is 3. The Morgan fingerprint density at radius 1 is 1.08 bits per heavy atom. The van der Waals surface area contributed by atoms with Crippen molar-refractivity contribution in [2.24, 2.45) is 5.92 Å². The second-order valence-corrected chi connectivity index (χ2v) is 7.05. The molecule has 0 aliphatic heterocycles. The number of para-hydroxylation sites is 1. The molecule has 0 heterocycles. The fourth-order valence-corrected chi connectivity index (χ4v) is 3.69. The number of carbonyl (C=O) groups is 2. The number of ether oxygens (including phenoxy) is 1. The van der Waals surface area contributed by atoms with Gasteiger partial charge in [0.15, 0.2) is 0 Å². The maximum atomic E-state index is 12.3. The highest BCUT2D eigenvalue weighted by Crippen LogP contribution is 2.31. The zero-order valence-corrected chi connectivity index (χ0v) is 16.5. The van der Waals surface area contributed by atoms with Gasteiger partial charge in [-0.25, -0.2) is 10.3 Å². The van der Waals surface area contributed by atoms with Gasteiger partial charge in [-0.15, -0.1) is 23.5 Å². The summed E-state index contributed by atoms with van der Waals surface area (Å²) in [5.74, 6) is 0.303. The van der Waals surface area contributed by atoms with Crippen LogP contribution in [0.1, 0.15) is 13.8 Å². The van der Waals surface area contributed by atoms with Gasteiger partial charge in [0.2, 0.25) is 0 Å². The van der Waals surface area contributed by atoms with E-state index in [4.69, 9.17) is 9.57 Å². The first-order valence-corrected chi connectivity index (χ1v) is 10.2. The van der Waals surface area contributed by atoms with Crippen LogP contribution in [0.2, 0.25) is 0 Å². The Labute approximate surface area is 157 Å². The van der Waals surface area contributed by atoms with Crippen molar-refractivity contribution in [2.75, 3.05) is 25.7 Å². The molecule has 8 heteroatoms. The number of urea groups is 1. The smallest absolute Gasteiger partial charge is 0.345 e. The van der Waals surface area contributed by atoms with Gasteiger partial charge >= 0.3 is 6.03 Å². The minimum Gasteiger partial charge on any atom is -0.491 e. The highest BCUT2D eigenvalue weighted by atomic mass is 32.2. The van der Waals surface area contributed by atoms with Crippen LogP contribution in [0.3, 0.4) is 0 Å². The first-order chi connectivity index (χ1) is 12.0. The van der Waals surface area contributed by atoms with Crippen molar-refractivity contribution in [2.45, 2.75) is 13.8 Å². The number of benzene rings is 1. The molecular formula is C17H24N2O4S2. The van der Waals surface area contributed by atoms with Gasteiger partial charge in [0.05, 0.1) is 0 Å². The van der Waals surface area contributed by atoms with E-state index in [2.05, 4.69) is 10.8 Å². The molecule has 0 saturated carbocycles. The van der Waals surface area contributed by atoms with Gasteiger partial charge in [0.25, 0.3) is 5.91 Å². The summed E-state index contributed by atoms with van der Waals surface area (Å²) in [4.78, 5) is 29.1. The number of hydroxylamine groups is 1. The lowest BCUT2D eigenvalue weighted by Crippen LogP contribution is -2.41. The molecule has 0 atom stereocenters. The minimum absolute atomic E-state index is 0.00268. The average Bonchev–Trinajstić information content (AvgIpc) is 2.59. The molecule has 1 aromatic rings. The molecular weight excluding hydrogens is 360 g/mol. The fourth-order valence-electron chi connectivity index (χ4n) is 1.92. The number of carbonyl (C=O) groups excluding carboxylic acids is 2. The lowest BCUT2D eigenvalue weighted by atomic mass is 10.1. The quantitative estimate of drug-likeness (QED) is 0.386. The number of imide groups is 1. The Balaban J connectivity index is 2.37. The first kappa shape index (κ1) is 21.4. The number of hydrogen-bond donors (Lipinski definition) is 2. The van der Waals surface area contributed by atoms with E-state index in [0.29, 0.717) is 5.57 Å². The Kier molecular flexibility index (Phi) is 10.1. The summed E-state index contributed by atoms with van der Waals surface area (Å²) in [5, 5.41) is 2.28. The molecule has 2 N–H and O–H groups in total. The van der Waals surface area contributed by atoms with Crippen LogP contribution in [0.5, 0.6) is 5.75 Å². The van der Waals surface area contributed by atoms with Crippen LogP contribution in [-0.4, -0.2) is 37.7 Å². The Morgan fingerprint density at radius 2 is 1.72 bits per heavy atom. The van der Waals surface area contributed by atoms with Gasteiger partial charge in [-0.1, -0.05) is 32.0 Å². The van der Waals surface area contributed by atoms with Crippen molar-refractivity contribution in [1.29, 1.82) is 0 Å². The van der Waals surface area contributed by atoms with Crippen LogP contribution in [0.15, 0.2) is 40.1 Å². The summed E-state index contributed by atoms with van der Waals surface area (Å²) in [5.41, 5.74) is 2.77. The SMILES string of the molecule is CSC(SC)=C(C(=O)NC(=O)NOCCOc1ccccc1)C(C)C. The third kappa shape index (κ3) is 7.85. The fraction of sp³-hybridized carbons (Fsp3) is 0.412. The number of rotatable bonds is 9. The Morgan fingerprint density at radius 3 is 2.28 bits per heavy atom. The van der Waals surface area contributed by atoms with Gasteiger partial charge in [0.1, 0.15) is 19.0 Å². The van der Waals surface area contributed by atoms with Crippen LogP contribution >= 0.6 is 23.5 Å². The molecule has 6 nitrogen and oxygen atoms in total. The molecule has 0 saturated heterocycles. The Bertz CT molecular complexity index is 586. The topological polar surface area (TPSA) is 76.7 Å². The predicted molar refractivity (Wildman–Crippen MR) is 103 cm³/mol. The van der Waals surface area contributed by atoms with E-state index < -0.39 is 11.9 Å². The monoisotopic (exact) mass is 384 g/mol. The minimum atomic E-state index is -0.704. The standard InChI is InChI=1S/C17H24N2O4S2/c1-12(2)14(16(24-3)25-4)15(20)18-17(21)19-23-11-10-22-13-8-6-5-7-9-13/h5-9,12H,10-11H2,1-4H3,(H2,18,19,20,21). The molecule has 0 radical (unpaired) electrons. The summed E-state index contributed by atoms with van der Waals surface area (Å²) in [6.07, 6.45) is 3.80. The first-order valence-electron chi connectivity index (χ1n) is 7.72. The summed E-state index contributed by atoms with van der Waals surface area (Å²) in [6, 6.07) is 8.58. The highest BCUT2D eigenvalue weighted by molar-refractivity contribution is 8.21. The lowest BCUT2D eigenvalue weighted by molar-refractivity contribution is -0.117. The van der Waals surface area contributed by atoms with Gasteiger partial charge in [-0.3, -0.25) is 14.9 Å². The molecule has 138 valence electrons. The molecule has 0 aromatic heterocycles. The van der Waals surface area contributed by atoms with Crippen LogP contribution in [0.25, 0.3) is 0 Å². The molecule has 0 aliphatic rings. The number of thioether (sulfide) groups is 2. The molecule has 1 aromatic carbocycles. The molecule has 0 unspecified atom stereocenters. The van der Waals surface area contributed by atoms with E-state index in [9.17, 15) is 9.59 Å². The number of nitrogens with one attached hydrogen (secondary N) is 2. The summed E-state index contributed by atoms with van der Waals surface area (Å²) in [6.45, 7) is 4.26. The maximum absolute atomic E-state index is 12.3. The molecule has 0 aliphatic carbocycles.